The van der Waals surface area contributed by atoms with Crippen LogP contribution in [0.25, 0.3) is 0 Å². The van der Waals surface area contributed by atoms with E-state index < -0.39 is 0 Å². The molecular weight excluding hydrogens is 476 g/mol. The van der Waals surface area contributed by atoms with Crippen LogP contribution in [0.3, 0.4) is 0 Å². The minimum Gasteiger partial charge on any atom is -0.486 e. The maximum atomic E-state index is 13.6. The summed E-state index contributed by atoms with van der Waals surface area (Å²) in [5, 5.41) is 2.81. The van der Waals surface area contributed by atoms with Gasteiger partial charge in [0, 0.05) is 18.7 Å². The van der Waals surface area contributed by atoms with Gasteiger partial charge < -0.3 is 19.4 Å². The third-order valence-electron chi connectivity index (χ3n) is 6.79. The topological polar surface area (TPSA) is 71.8 Å². The molecule has 1 aliphatic heterocycles. The molecule has 38 heavy (non-hydrogen) atoms. The van der Waals surface area contributed by atoms with Crippen LogP contribution in [-0.4, -0.2) is 29.8 Å². The van der Waals surface area contributed by atoms with E-state index in [1.165, 1.54) is 5.56 Å². The number of aryl methyl sites for hydroxylation is 1. The van der Waals surface area contributed by atoms with Crippen molar-refractivity contribution in [3.8, 4) is 5.75 Å². The molecule has 0 aliphatic carbocycles. The van der Waals surface area contributed by atoms with Crippen molar-refractivity contribution < 1.29 is 18.7 Å². The summed E-state index contributed by atoms with van der Waals surface area (Å²) in [5.74, 6) is 1.32. The van der Waals surface area contributed by atoms with Gasteiger partial charge in [-0.1, -0.05) is 61.0 Å². The van der Waals surface area contributed by atoms with Crippen LogP contribution < -0.4 is 10.1 Å². The van der Waals surface area contributed by atoms with E-state index in [4.69, 9.17) is 9.15 Å². The maximum Gasteiger partial charge on any atom is 0.286 e. The van der Waals surface area contributed by atoms with Crippen molar-refractivity contribution in [1.82, 2.24) is 10.2 Å². The van der Waals surface area contributed by atoms with Gasteiger partial charge in [-0.3, -0.25) is 9.59 Å². The second-order valence-corrected chi connectivity index (χ2v) is 9.60. The van der Waals surface area contributed by atoms with E-state index >= 15 is 0 Å². The molecule has 0 fully saturated rings. The van der Waals surface area contributed by atoms with Crippen molar-refractivity contribution in [2.24, 2.45) is 0 Å². The first-order chi connectivity index (χ1) is 18.5. The number of nitrogens with zero attached hydrogens (tertiary/aromatic N) is 1. The molecule has 1 aliphatic rings. The summed E-state index contributed by atoms with van der Waals surface area (Å²) in [6, 6.07) is 27.0. The first kappa shape index (κ1) is 25.3. The van der Waals surface area contributed by atoms with E-state index in [0.717, 1.165) is 29.5 Å². The highest BCUT2D eigenvalue weighted by molar-refractivity contribution is 5.95. The van der Waals surface area contributed by atoms with E-state index in [1.54, 1.807) is 12.1 Å². The number of hydrogen-bond acceptors (Lipinski definition) is 4. The number of ether oxygens (including phenoxy) is 1. The molecule has 2 amide bonds. The van der Waals surface area contributed by atoms with E-state index in [2.05, 4.69) is 36.5 Å². The van der Waals surface area contributed by atoms with Gasteiger partial charge in [0.05, 0.1) is 6.04 Å². The van der Waals surface area contributed by atoms with Crippen molar-refractivity contribution in [1.29, 1.82) is 0 Å². The summed E-state index contributed by atoms with van der Waals surface area (Å²) in [4.78, 5) is 27.8. The summed E-state index contributed by atoms with van der Waals surface area (Å²) in [7, 11) is 0. The van der Waals surface area contributed by atoms with Gasteiger partial charge in [-0.2, -0.15) is 0 Å². The Bertz CT molecular complexity index is 1430. The Labute approximate surface area is 223 Å². The Kier molecular flexibility index (Phi) is 7.59. The SMILES string of the molecule is CCCNC(=O)c1ccc(COc2ccc3c(c2)C(c2cccc(C)c2)N(C(=O)c2ccccc2)CC3)o1. The first-order valence-electron chi connectivity index (χ1n) is 13.1. The molecule has 0 radical (unpaired) electrons. The summed E-state index contributed by atoms with van der Waals surface area (Å²) in [5.41, 5.74) is 5.15. The molecule has 5 rings (SSSR count). The lowest BCUT2D eigenvalue weighted by molar-refractivity contribution is 0.0694. The average Bonchev–Trinajstić information content (AvgIpc) is 3.43. The zero-order chi connectivity index (χ0) is 26.5. The second kappa shape index (κ2) is 11.4. The van der Waals surface area contributed by atoms with Gasteiger partial charge in [0.2, 0.25) is 0 Å². The normalized spacial score (nSPS) is 14.6. The Morgan fingerprint density at radius 1 is 1.00 bits per heavy atom. The molecule has 0 bridgehead atoms. The Hall–Kier alpha value is -4.32. The Balaban J connectivity index is 1.41. The average molecular weight is 509 g/mol. The van der Waals surface area contributed by atoms with E-state index in [0.29, 0.717) is 30.2 Å². The number of furan rings is 1. The smallest absolute Gasteiger partial charge is 0.286 e. The van der Waals surface area contributed by atoms with Crippen LogP contribution >= 0.6 is 0 Å². The highest BCUT2D eigenvalue weighted by Crippen LogP contribution is 2.38. The Morgan fingerprint density at radius 3 is 2.63 bits per heavy atom. The predicted molar refractivity (Wildman–Crippen MR) is 146 cm³/mol. The number of benzene rings is 3. The van der Waals surface area contributed by atoms with Gasteiger partial charge in [0.1, 0.15) is 18.1 Å². The number of hydrogen-bond donors (Lipinski definition) is 1. The largest absolute Gasteiger partial charge is 0.486 e. The molecule has 4 aromatic rings. The Morgan fingerprint density at radius 2 is 1.84 bits per heavy atom. The molecule has 194 valence electrons. The predicted octanol–water partition coefficient (Wildman–Crippen LogP) is 6.09. The van der Waals surface area contributed by atoms with Gasteiger partial charge in [-0.05, 0) is 72.9 Å². The van der Waals surface area contributed by atoms with Crippen molar-refractivity contribution in [3.63, 3.8) is 0 Å². The van der Waals surface area contributed by atoms with Gasteiger partial charge in [0.25, 0.3) is 11.8 Å². The zero-order valence-corrected chi connectivity index (χ0v) is 21.8. The van der Waals surface area contributed by atoms with Crippen molar-refractivity contribution in [2.45, 2.75) is 39.3 Å². The second-order valence-electron chi connectivity index (χ2n) is 9.60. The molecule has 2 heterocycles. The molecule has 1 N–H and O–H groups in total. The molecule has 6 nitrogen and oxygen atoms in total. The maximum absolute atomic E-state index is 13.6. The fourth-order valence-electron chi connectivity index (χ4n) is 4.91. The molecule has 0 saturated heterocycles. The van der Waals surface area contributed by atoms with Gasteiger partial charge in [0.15, 0.2) is 5.76 Å². The minimum absolute atomic E-state index is 0.0125. The monoisotopic (exact) mass is 508 g/mol. The first-order valence-corrected chi connectivity index (χ1v) is 13.1. The molecule has 1 aromatic heterocycles. The van der Waals surface area contributed by atoms with Gasteiger partial charge >= 0.3 is 0 Å². The van der Waals surface area contributed by atoms with E-state index in [-0.39, 0.29) is 30.2 Å². The van der Waals surface area contributed by atoms with Crippen molar-refractivity contribution in [3.05, 3.63) is 124 Å². The number of carbonyl (C=O) groups is 2. The molecule has 3 aromatic carbocycles. The number of fused-ring (bicyclic) bond motifs is 1. The van der Waals surface area contributed by atoms with E-state index in [1.807, 2.05) is 60.4 Å². The van der Waals surface area contributed by atoms with Crippen LogP contribution in [-0.2, 0) is 13.0 Å². The van der Waals surface area contributed by atoms with Gasteiger partial charge in [-0.15, -0.1) is 0 Å². The third kappa shape index (κ3) is 5.49. The molecule has 1 atom stereocenters. The van der Waals surface area contributed by atoms with Crippen LogP contribution in [0.1, 0.15) is 68.3 Å². The van der Waals surface area contributed by atoms with Crippen LogP contribution in [0.5, 0.6) is 5.75 Å². The fraction of sp³-hybridized carbons (Fsp3) is 0.250. The lowest BCUT2D eigenvalue weighted by Crippen LogP contribution is -2.40. The highest BCUT2D eigenvalue weighted by atomic mass is 16.5. The molecular formula is C32H32N2O4. The van der Waals surface area contributed by atoms with Crippen LogP contribution in [0, 0.1) is 6.92 Å². The van der Waals surface area contributed by atoms with E-state index in [9.17, 15) is 9.59 Å². The number of nitrogens with one attached hydrogen (secondary N) is 1. The minimum atomic E-state index is -0.229. The molecule has 6 heteroatoms. The van der Waals surface area contributed by atoms with Gasteiger partial charge in [-0.25, -0.2) is 0 Å². The zero-order valence-electron chi connectivity index (χ0n) is 21.8. The highest BCUT2D eigenvalue weighted by Gasteiger charge is 2.33. The summed E-state index contributed by atoms with van der Waals surface area (Å²) in [6.07, 6.45) is 1.63. The lowest BCUT2D eigenvalue weighted by Gasteiger charge is -2.38. The van der Waals surface area contributed by atoms with Crippen LogP contribution in [0.4, 0.5) is 0 Å². The van der Waals surface area contributed by atoms with Crippen LogP contribution in [0.2, 0.25) is 0 Å². The number of carbonyl (C=O) groups excluding carboxylic acids is 2. The summed E-state index contributed by atoms with van der Waals surface area (Å²) < 4.78 is 11.8. The lowest BCUT2D eigenvalue weighted by atomic mass is 9.87. The van der Waals surface area contributed by atoms with Crippen LogP contribution in [0.15, 0.2) is 89.3 Å². The van der Waals surface area contributed by atoms with Crippen molar-refractivity contribution >= 4 is 11.8 Å². The fourth-order valence-corrected chi connectivity index (χ4v) is 4.91. The number of amides is 2. The number of rotatable bonds is 8. The third-order valence-corrected chi connectivity index (χ3v) is 6.79. The standard InChI is InChI=1S/C32H32N2O4/c1-3-17-33-31(35)29-15-14-27(38-29)21-37-26-13-12-23-16-18-34(32(36)24-9-5-4-6-10-24)30(28(23)20-26)25-11-7-8-22(2)19-25/h4-15,19-20,30H,3,16-18,21H2,1-2H3,(H,33,35). The summed E-state index contributed by atoms with van der Waals surface area (Å²) >= 11 is 0. The molecule has 1 unspecified atom stereocenters. The molecule has 0 saturated carbocycles. The quantitative estimate of drug-likeness (QED) is 0.312. The molecule has 0 spiro atoms. The summed E-state index contributed by atoms with van der Waals surface area (Å²) in [6.45, 7) is 5.50. The van der Waals surface area contributed by atoms with Crippen molar-refractivity contribution in [2.75, 3.05) is 13.1 Å².